The highest BCUT2D eigenvalue weighted by molar-refractivity contribution is 7.98. The van der Waals surface area contributed by atoms with Crippen molar-refractivity contribution < 1.29 is 14.3 Å². The predicted molar refractivity (Wildman–Crippen MR) is 106 cm³/mol. The van der Waals surface area contributed by atoms with E-state index in [1.165, 1.54) is 4.90 Å². The normalized spacial score (nSPS) is 12.1. The Morgan fingerprint density at radius 1 is 1.15 bits per heavy atom. The first kappa shape index (κ1) is 17.5. The second-order valence-electron chi connectivity index (χ2n) is 6.11. The first-order valence-electron chi connectivity index (χ1n) is 8.44. The van der Waals surface area contributed by atoms with E-state index in [0.717, 1.165) is 22.6 Å². The molecule has 0 spiro atoms. The number of ether oxygens (including phenoxy) is 2. The van der Waals surface area contributed by atoms with Crippen LogP contribution in [0.1, 0.15) is 16.1 Å². The summed E-state index contributed by atoms with van der Waals surface area (Å²) in [5.74, 6) is 1.65. The fraction of sp³-hybridized carbons (Fsp3) is 0.200. The van der Waals surface area contributed by atoms with Gasteiger partial charge in [-0.2, -0.15) is 5.10 Å². The standard InChI is InChI=1S/C20H19N3O3S/c1-23-19-13-6-4-5-7-17(13)27-11-14(19)18(22-23)20(24)21-12-8-9-15(25-2)16(10-12)26-3/h4-10H,11H2,1-3H3,(H,21,24). The molecule has 3 aromatic rings. The molecule has 0 fully saturated rings. The number of carbonyl (C=O) groups is 1. The summed E-state index contributed by atoms with van der Waals surface area (Å²) in [6.45, 7) is 0. The lowest BCUT2D eigenvalue weighted by atomic mass is 10.1. The third-order valence-corrected chi connectivity index (χ3v) is 5.62. The van der Waals surface area contributed by atoms with Gasteiger partial charge in [0.25, 0.3) is 5.91 Å². The Labute approximate surface area is 161 Å². The summed E-state index contributed by atoms with van der Waals surface area (Å²) in [6.07, 6.45) is 0. The molecule has 0 atom stereocenters. The lowest BCUT2D eigenvalue weighted by Gasteiger charge is -2.17. The number of hydrogen-bond donors (Lipinski definition) is 1. The molecular formula is C20H19N3O3S. The summed E-state index contributed by atoms with van der Waals surface area (Å²) < 4.78 is 12.3. The number of fused-ring (bicyclic) bond motifs is 3. The van der Waals surface area contributed by atoms with E-state index < -0.39 is 0 Å². The second-order valence-corrected chi connectivity index (χ2v) is 7.13. The maximum atomic E-state index is 12.9. The number of aryl methyl sites for hydroxylation is 1. The Kier molecular flexibility index (Phi) is 4.53. The molecule has 1 aromatic heterocycles. The van der Waals surface area contributed by atoms with Gasteiger partial charge in [-0.3, -0.25) is 9.48 Å². The van der Waals surface area contributed by atoms with Crippen LogP contribution in [0.25, 0.3) is 11.3 Å². The van der Waals surface area contributed by atoms with Gasteiger partial charge in [-0.25, -0.2) is 0 Å². The Balaban J connectivity index is 1.67. The highest BCUT2D eigenvalue weighted by Crippen LogP contribution is 2.42. The van der Waals surface area contributed by atoms with Gasteiger partial charge in [-0.15, -0.1) is 11.8 Å². The number of carbonyl (C=O) groups excluding carboxylic acids is 1. The lowest BCUT2D eigenvalue weighted by molar-refractivity contribution is 0.102. The van der Waals surface area contributed by atoms with Gasteiger partial charge in [-0.1, -0.05) is 18.2 Å². The summed E-state index contributed by atoms with van der Waals surface area (Å²) >= 11 is 1.72. The van der Waals surface area contributed by atoms with E-state index in [9.17, 15) is 4.79 Å². The number of aromatic nitrogens is 2. The van der Waals surface area contributed by atoms with Crippen LogP contribution >= 0.6 is 11.8 Å². The van der Waals surface area contributed by atoms with Crippen molar-refractivity contribution in [3.8, 4) is 22.8 Å². The number of nitrogens with one attached hydrogen (secondary N) is 1. The molecule has 27 heavy (non-hydrogen) atoms. The van der Waals surface area contributed by atoms with Crippen LogP contribution in [-0.4, -0.2) is 29.9 Å². The molecule has 0 saturated heterocycles. The fourth-order valence-electron chi connectivity index (χ4n) is 3.27. The second kappa shape index (κ2) is 7.00. The summed E-state index contributed by atoms with van der Waals surface area (Å²) in [7, 11) is 5.01. The van der Waals surface area contributed by atoms with Crippen LogP contribution in [0.4, 0.5) is 5.69 Å². The molecule has 6 nitrogen and oxygen atoms in total. The minimum Gasteiger partial charge on any atom is -0.493 e. The zero-order valence-electron chi connectivity index (χ0n) is 15.3. The van der Waals surface area contributed by atoms with Crippen LogP contribution in [0.15, 0.2) is 47.4 Å². The molecule has 0 aliphatic carbocycles. The molecule has 1 amide bonds. The Morgan fingerprint density at radius 2 is 1.93 bits per heavy atom. The lowest BCUT2D eigenvalue weighted by Crippen LogP contribution is -2.15. The minimum absolute atomic E-state index is 0.237. The number of rotatable bonds is 4. The number of amides is 1. The average Bonchev–Trinajstić information content (AvgIpc) is 3.05. The molecule has 1 aliphatic rings. The highest BCUT2D eigenvalue weighted by atomic mass is 32.2. The van der Waals surface area contributed by atoms with Gasteiger partial charge in [0.2, 0.25) is 0 Å². The van der Waals surface area contributed by atoms with Crippen molar-refractivity contribution in [1.82, 2.24) is 9.78 Å². The number of thioether (sulfide) groups is 1. The topological polar surface area (TPSA) is 65.4 Å². The number of methoxy groups -OCH3 is 2. The quantitative estimate of drug-likeness (QED) is 0.741. The van der Waals surface area contributed by atoms with Crippen LogP contribution in [0.5, 0.6) is 11.5 Å². The molecule has 0 saturated carbocycles. The Hall–Kier alpha value is -2.93. The minimum atomic E-state index is -0.237. The summed E-state index contributed by atoms with van der Waals surface area (Å²) in [5, 5.41) is 7.41. The van der Waals surface area contributed by atoms with Crippen LogP contribution in [0, 0.1) is 0 Å². The number of benzene rings is 2. The van der Waals surface area contributed by atoms with Crippen LogP contribution in [0.2, 0.25) is 0 Å². The highest BCUT2D eigenvalue weighted by Gasteiger charge is 2.27. The zero-order valence-corrected chi connectivity index (χ0v) is 16.1. The third kappa shape index (κ3) is 3.04. The first-order valence-corrected chi connectivity index (χ1v) is 9.42. The van der Waals surface area contributed by atoms with Crippen molar-refractivity contribution in [2.75, 3.05) is 19.5 Å². The first-order chi connectivity index (χ1) is 13.1. The SMILES string of the molecule is COc1ccc(NC(=O)c2nn(C)c3c2CSc2ccccc2-3)cc1OC. The monoisotopic (exact) mass is 381 g/mol. The molecule has 138 valence electrons. The number of nitrogens with zero attached hydrogens (tertiary/aromatic N) is 2. The zero-order chi connectivity index (χ0) is 19.0. The van der Waals surface area contributed by atoms with Crippen molar-refractivity contribution in [3.05, 3.63) is 53.7 Å². The molecule has 0 radical (unpaired) electrons. The average molecular weight is 381 g/mol. The van der Waals surface area contributed by atoms with Crippen molar-refractivity contribution >= 4 is 23.4 Å². The van der Waals surface area contributed by atoms with Gasteiger partial charge in [0, 0.05) is 40.6 Å². The fourth-order valence-corrected chi connectivity index (χ4v) is 4.33. The van der Waals surface area contributed by atoms with E-state index in [1.807, 2.05) is 19.2 Å². The van der Waals surface area contributed by atoms with Crippen LogP contribution in [-0.2, 0) is 12.8 Å². The summed E-state index contributed by atoms with van der Waals surface area (Å²) in [6, 6.07) is 13.5. The van der Waals surface area contributed by atoms with Crippen LogP contribution < -0.4 is 14.8 Å². The van der Waals surface area contributed by atoms with E-state index in [4.69, 9.17) is 9.47 Å². The van der Waals surface area contributed by atoms with E-state index in [2.05, 4.69) is 22.5 Å². The largest absolute Gasteiger partial charge is 0.493 e. The van der Waals surface area contributed by atoms with Gasteiger partial charge >= 0.3 is 0 Å². The van der Waals surface area contributed by atoms with Crippen molar-refractivity contribution in [1.29, 1.82) is 0 Å². The van der Waals surface area contributed by atoms with Crippen molar-refractivity contribution in [3.63, 3.8) is 0 Å². The van der Waals surface area contributed by atoms with Crippen molar-refractivity contribution in [2.24, 2.45) is 7.05 Å². The van der Waals surface area contributed by atoms with E-state index in [-0.39, 0.29) is 5.91 Å². The molecule has 0 unspecified atom stereocenters. The van der Waals surface area contributed by atoms with Gasteiger partial charge < -0.3 is 14.8 Å². The van der Waals surface area contributed by atoms with E-state index >= 15 is 0 Å². The molecule has 2 heterocycles. The van der Waals surface area contributed by atoms with Gasteiger partial charge in [0.1, 0.15) is 0 Å². The molecule has 1 N–H and O–H groups in total. The van der Waals surface area contributed by atoms with Gasteiger partial charge in [0.15, 0.2) is 17.2 Å². The van der Waals surface area contributed by atoms with Crippen LogP contribution in [0.3, 0.4) is 0 Å². The Bertz CT molecular complexity index is 1030. The third-order valence-electron chi connectivity index (χ3n) is 4.52. The maximum Gasteiger partial charge on any atom is 0.276 e. The molecule has 4 rings (SSSR count). The predicted octanol–water partition coefficient (Wildman–Crippen LogP) is 3.96. The summed E-state index contributed by atoms with van der Waals surface area (Å²) in [5.41, 5.74) is 4.15. The number of anilines is 1. The molecule has 0 bridgehead atoms. The van der Waals surface area contributed by atoms with Crippen molar-refractivity contribution in [2.45, 2.75) is 10.6 Å². The smallest absolute Gasteiger partial charge is 0.276 e. The molecule has 2 aromatic carbocycles. The number of hydrogen-bond acceptors (Lipinski definition) is 5. The Morgan fingerprint density at radius 3 is 2.70 bits per heavy atom. The summed E-state index contributed by atoms with van der Waals surface area (Å²) in [4.78, 5) is 14.1. The molecule has 1 aliphatic heterocycles. The van der Waals surface area contributed by atoms with E-state index in [1.54, 1.807) is 48.9 Å². The van der Waals surface area contributed by atoms with Gasteiger partial charge in [-0.05, 0) is 18.2 Å². The van der Waals surface area contributed by atoms with E-state index in [0.29, 0.717) is 22.9 Å². The maximum absolute atomic E-state index is 12.9. The molecule has 7 heteroatoms. The molecular weight excluding hydrogens is 362 g/mol. The van der Waals surface area contributed by atoms with Gasteiger partial charge in [0.05, 0.1) is 19.9 Å².